The van der Waals surface area contributed by atoms with Gasteiger partial charge in [-0.1, -0.05) is 23.7 Å². The molecule has 3 heterocycles. The van der Waals surface area contributed by atoms with Crippen LogP contribution in [0.4, 0.5) is 10.5 Å². The molecule has 0 fully saturated rings. The second kappa shape index (κ2) is 9.23. The maximum atomic E-state index is 12.9. The van der Waals surface area contributed by atoms with E-state index in [2.05, 4.69) is 30.8 Å². The molecule has 0 aliphatic heterocycles. The molecule has 0 saturated heterocycles. The molecule has 2 aromatic carbocycles. The molecule has 1 amide bonds. The molecule has 3 aromatic heterocycles. The highest BCUT2D eigenvalue weighted by Crippen LogP contribution is 2.28. The molecule has 35 heavy (non-hydrogen) atoms. The number of imidazole rings is 1. The van der Waals surface area contributed by atoms with E-state index < -0.39 is 6.09 Å². The summed E-state index contributed by atoms with van der Waals surface area (Å²) in [6.07, 6.45) is 3.77. The number of nitrogens with zero attached hydrogens (tertiary/aromatic N) is 6. The molecular formula is C23H17ClN8O3. The summed E-state index contributed by atoms with van der Waals surface area (Å²) in [6, 6.07) is 15.5. The van der Waals surface area contributed by atoms with E-state index >= 15 is 0 Å². The zero-order valence-corrected chi connectivity index (χ0v) is 18.7. The number of halogens is 1. The Bertz CT molecular complexity index is 1560. The first kappa shape index (κ1) is 22.0. The monoisotopic (exact) mass is 488 g/mol. The average molecular weight is 489 g/mol. The predicted octanol–water partition coefficient (Wildman–Crippen LogP) is 3.67. The molecule has 5 rings (SSSR count). The van der Waals surface area contributed by atoms with Crippen molar-refractivity contribution in [1.29, 1.82) is 0 Å². The molecule has 0 aliphatic carbocycles. The van der Waals surface area contributed by atoms with Crippen LogP contribution >= 0.6 is 11.6 Å². The molecule has 0 atom stereocenters. The van der Waals surface area contributed by atoms with Gasteiger partial charge in [-0.2, -0.15) is 4.68 Å². The van der Waals surface area contributed by atoms with Crippen molar-refractivity contribution in [2.45, 2.75) is 6.54 Å². The van der Waals surface area contributed by atoms with Gasteiger partial charge < -0.3 is 14.7 Å². The summed E-state index contributed by atoms with van der Waals surface area (Å²) in [4.78, 5) is 31.3. The number of amides is 1. The number of rotatable bonds is 6. The molecule has 0 saturated carbocycles. The number of carbonyl (C=O) groups is 1. The fraction of sp³-hybridized carbons (Fsp3) is 0.0435. The third-order valence-corrected chi connectivity index (χ3v) is 5.48. The highest BCUT2D eigenvalue weighted by Gasteiger charge is 2.12. The second-order valence-corrected chi connectivity index (χ2v) is 7.97. The number of aromatic amines is 1. The van der Waals surface area contributed by atoms with Crippen LogP contribution in [0.25, 0.3) is 28.1 Å². The predicted molar refractivity (Wildman–Crippen MR) is 129 cm³/mol. The van der Waals surface area contributed by atoms with Crippen LogP contribution < -0.4 is 10.9 Å². The summed E-state index contributed by atoms with van der Waals surface area (Å²) < 4.78 is 3.04. The van der Waals surface area contributed by atoms with E-state index in [4.69, 9.17) is 16.7 Å². The van der Waals surface area contributed by atoms with Crippen LogP contribution in [0.5, 0.6) is 0 Å². The fourth-order valence-electron chi connectivity index (χ4n) is 3.62. The van der Waals surface area contributed by atoms with Crippen LogP contribution in [0.15, 0.2) is 78.1 Å². The number of hydrogen-bond acceptors (Lipinski definition) is 6. The summed E-state index contributed by atoms with van der Waals surface area (Å²) in [5, 5.41) is 22.9. The Hall–Kier alpha value is -4.77. The topological polar surface area (TPSA) is 144 Å². The van der Waals surface area contributed by atoms with E-state index in [0.717, 1.165) is 11.1 Å². The van der Waals surface area contributed by atoms with Gasteiger partial charge in [0.15, 0.2) is 0 Å². The van der Waals surface area contributed by atoms with Gasteiger partial charge in [-0.15, -0.1) is 5.10 Å². The minimum atomic E-state index is -1.13. The highest BCUT2D eigenvalue weighted by molar-refractivity contribution is 6.31. The smallest absolute Gasteiger partial charge is 0.409 e. The van der Waals surface area contributed by atoms with E-state index in [1.807, 2.05) is 6.07 Å². The minimum absolute atomic E-state index is 0.216. The number of nitrogens with one attached hydrogen (secondary N) is 2. The number of tetrazole rings is 1. The Morgan fingerprint density at radius 2 is 1.91 bits per heavy atom. The van der Waals surface area contributed by atoms with Crippen molar-refractivity contribution in [1.82, 2.24) is 34.7 Å². The van der Waals surface area contributed by atoms with Gasteiger partial charge in [0.25, 0.3) is 5.56 Å². The van der Waals surface area contributed by atoms with Crippen LogP contribution in [-0.4, -0.2) is 45.9 Å². The molecule has 174 valence electrons. The van der Waals surface area contributed by atoms with Gasteiger partial charge >= 0.3 is 6.09 Å². The Labute approximate surface area is 202 Å². The van der Waals surface area contributed by atoms with Crippen molar-refractivity contribution in [2.75, 3.05) is 5.32 Å². The molecule has 3 N–H and O–H groups in total. The molecular weight excluding hydrogens is 472 g/mol. The Balaban J connectivity index is 1.38. The lowest BCUT2D eigenvalue weighted by atomic mass is 10.0. The molecule has 5 aromatic rings. The summed E-state index contributed by atoms with van der Waals surface area (Å²) in [5.74, 6) is 0.597. The number of pyridine rings is 1. The van der Waals surface area contributed by atoms with Crippen molar-refractivity contribution >= 4 is 23.4 Å². The maximum Gasteiger partial charge on any atom is 0.409 e. The lowest BCUT2D eigenvalue weighted by molar-refractivity contribution is 0.209. The summed E-state index contributed by atoms with van der Waals surface area (Å²) in [7, 11) is 0. The highest BCUT2D eigenvalue weighted by atomic mass is 35.5. The molecule has 0 spiro atoms. The van der Waals surface area contributed by atoms with Gasteiger partial charge in [0.2, 0.25) is 0 Å². The van der Waals surface area contributed by atoms with E-state index in [-0.39, 0.29) is 12.1 Å². The van der Waals surface area contributed by atoms with Gasteiger partial charge in [0, 0.05) is 40.3 Å². The number of aromatic nitrogens is 7. The fourth-order valence-corrected chi connectivity index (χ4v) is 3.79. The average Bonchev–Trinajstić information content (AvgIpc) is 3.53. The van der Waals surface area contributed by atoms with Gasteiger partial charge in [-0.25, -0.2) is 9.78 Å². The molecule has 12 heteroatoms. The van der Waals surface area contributed by atoms with Crippen LogP contribution in [0.1, 0.15) is 5.82 Å². The maximum absolute atomic E-state index is 12.9. The Morgan fingerprint density at radius 1 is 1.09 bits per heavy atom. The van der Waals surface area contributed by atoms with E-state index in [1.165, 1.54) is 21.6 Å². The third kappa shape index (κ3) is 4.80. The number of anilines is 1. The largest absolute Gasteiger partial charge is 0.465 e. The van der Waals surface area contributed by atoms with Crippen LogP contribution in [0, 0.1) is 0 Å². The number of benzene rings is 2. The van der Waals surface area contributed by atoms with Crippen molar-refractivity contribution in [2.24, 2.45) is 0 Å². The van der Waals surface area contributed by atoms with Gasteiger partial charge in [0.05, 0.1) is 17.9 Å². The standard InChI is InChI=1S/C23H17ClN8O3/c24-16-3-6-20(32-13-26-29-30-32)18(10-16)15-7-8-31(22(33)9-15)12-21-25-11-19(28-21)14-1-4-17(5-2-14)27-23(34)35/h1-11,13,27H,12H2,(H,25,28)(H,34,35). The Morgan fingerprint density at radius 3 is 2.63 bits per heavy atom. The first-order valence-corrected chi connectivity index (χ1v) is 10.7. The van der Waals surface area contributed by atoms with Crippen LogP contribution in [0.2, 0.25) is 5.02 Å². The summed E-state index contributed by atoms with van der Waals surface area (Å²) in [6.45, 7) is 0.243. The van der Waals surface area contributed by atoms with E-state index in [0.29, 0.717) is 33.5 Å². The summed E-state index contributed by atoms with van der Waals surface area (Å²) in [5.41, 5.74) is 3.82. The quantitative estimate of drug-likeness (QED) is 0.330. The van der Waals surface area contributed by atoms with Crippen molar-refractivity contribution in [3.05, 3.63) is 94.5 Å². The van der Waals surface area contributed by atoms with Crippen molar-refractivity contribution in [3.8, 4) is 28.1 Å². The minimum Gasteiger partial charge on any atom is -0.465 e. The first-order chi connectivity index (χ1) is 17.0. The lowest BCUT2D eigenvalue weighted by Crippen LogP contribution is -2.19. The third-order valence-electron chi connectivity index (χ3n) is 5.24. The number of carboxylic acid groups (broad SMARTS) is 1. The SMILES string of the molecule is O=C(O)Nc1ccc(-c2c[nH]c(Cn3ccc(-c4cc(Cl)ccc4-n4cnnn4)cc3=O)n2)cc1. The molecule has 0 bridgehead atoms. The van der Waals surface area contributed by atoms with Crippen LogP contribution in [-0.2, 0) is 6.54 Å². The lowest BCUT2D eigenvalue weighted by Gasteiger charge is -2.11. The van der Waals surface area contributed by atoms with Crippen LogP contribution in [0.3, 0.4) is 0 Å². The Kier molecular flexibility index (Phi) is 5.81. The van der Waals surface area contributed by atoms with Crippen molar-refractivity contribution in [3.63, 3.8) is 0 Å². The number of hydrogen-bond donors (Lipinski definition) is 3. The normalized spacial score (nSPS) is 10.9. The molecule has 0 radical (unpaired) electrons. The molecule has 0 unspecified atom stereocenters. The zero-order chi connectivity index (χ0) is 24.4. The second-order valence-electron chi connectivity index (χ2n) is 7.54. The zero-order valence-electron chi connectivity index (χ0n) is 18.0. The first-order valence-electron chi connectivity index (χ1n) is 10.3. The van der Waals surface area contributed by atoms with E-state index in [1.54, 1.807) is 54.9 Å². The van der Waals surface area contributed by atoms with E-state index in [9.17, 15) is 9.59 Å². The summed E-state index contributed by atoms with van der Waals surface area (Å²) >= 11 is 6.20. The van der Waals surface area contributed by atoms with Gasteiger partial charge in [-0.3, -0.25) is 10.1 Å². The van der Waals surface area contributed by atoms with Gasteiger partial charge in [0.1, 0.15) is 12.2 Å². The molecule has 0 aliphatic rings. The number of H-pyrrole nitrogens is 1. The van der Waals surface area contributed by atoms with Crippen molar-refractivity contribution < 1.29 is 9.90 Å². The molecule has 11 nitrogen and oxygen atoms in total. The van der Waals surface area contributed by atoms with Gasteiger partial charge in [-0.05, 0) is 52.4 Å².